The number of carbonyl (C=O) groups is 2. The standard InChI is InChI=1S/C13H15FN2O3S2/c14-10-5-8(12(17)18)1-2-11(10)16-13(19)15-6-9-7-20-3-4-21-9/h1-2,5,9H,3-4,6-7H2,(H,17,18)(H2,15,16,19). The summed E-state index contributed by atoms with van der Waals surface area (Å²) in [5.41, 5.74) is -0.197. The molecule has 0 spiro atoms. The number of nitrogens with one attached hydrogen (secondary N) is 2. The third kappa shape index (κ3) is 4.82. The topological polar surface area (TPSA) is 78.4 Å². The Kier molecular flexibility index (Phi) is 5.75. The molecule has 1 fully saturated rings. The Morgan fingerprint density at radius 2 is 2.19 bits per heavy atom. The lowest BCUT2D eigenvalue weighted by Crippen LogP contribution is -2.36. The lowest BCUT2D eigenvalue weighted by molar-refractivity contribution is 0.0696. The van der Waals surface area contributed by atoms with Gasteiger partial charge in [0.1, 0.15) is 5.82 Å². The maximum absolute atomic E-state index is 13.7. The maximum Gasteiger partial charge on any atom is 0.335 e. The molecule has 1 atom stereocenters. The van der Waals surface area contributed by atoms with E-state index < -0.39 is 17.8 Å². The first-order valence-corrected chi connectivity index (χ1v) is 8.53. The molecule has 3 N–H and O–H groups in total. The molecule has 0 saturated carbocycles. The van der Waals surface area contributed by atoms with Gasteiger partial charge in [0.15, 0.2) is 0 Å². The summed E-state index contributed by atoms with van der Waals surface area (Å²) < 4.78 is 13.7. The van der Waals surface area contributed by atoms with Crippen LogP contribution >= 0.6 is 23.5 Å². The highest BCUT2D eigenvalue weighted by Crippen LogP contribution is 2.23. The average molecular weight is 330 g/mol. The fourth-order valence-corrected chi connectivity index (χ4v) is 4.39. The summed E-state index contributed by atoms with van der Waals surface area (Å²) in [6, 6.07) is 2.87. The second kappa shape index (κ2) is 7.56. The molecule has 0 bridgehead atoms. The minimum Gasteiger partial charge on any atom is -0.478 e. The number of carboxylic acids is 1. The molecule has 1 aliphatic rings. The summed E-state index contributed by atoms with van der Waals surface area (Å²) in [4.78, 5) is 22.4. The van der Waals surface area contributed by atoms with Gasteiger partial charge in [-0.25, -0.2) is 14.0 Å². The number of carboxylic acid groups (broad SMARTS) is 1. The van der Waals surface area contributed by atoms with Crippen LogP contribution < -0.4 is 10.6 Å². The molecule has 1 heterocycles. The summed E-state index contributed by atoms with van der Waals surface area (Å²) in [5, 5.41) is 14.2. The van der Waals surface area contributed by atoms with Gasteiger partial charge < -0.3 is 15.7 Å². The number of anilines is 1. The third-order valence-electron chi connectivity index (χ3n) is 2.84. The van der Waals surface area contributed by atoms with Crippen LogP contribution in [0.15, 0.2) is 18.2 Å². The molecule has 8 heteroatoms. The molecule has 2 rings (SSSR count). The number of halogens is 1. The molecular formula is C13H15FN2O3S2. The highest BCUT2D eigenvalue weighted by atomic mass is 32.2. The van der Waals surface area contributed by atoms with Gasteiger partial charge in [0.05, 0.1) is 11.3 Å². The Labute approximate surface area is 130 Å². The van der Waals surface area contributed by atoms with Crippen molar-refractivity contribution in [2.45, 2.75) is 5.25 Å². The van der Waals surface area contributed by atoms with Crippen molar-refractivity contribution in [3.05, 3.63) is 29.6 Å². The normalized spacial score (nSPS) is 18.0. The van der Waals surface area contributed by atoms with Gasteiger partial charge in [-0.3, -0.25) is 0 Å². The van der Waals surface area contributed by atoms with Crippen LogP contribution in [0.2, 0.25) is 0 Å². The van der Waals surface area contributed by atoms with Crippen LogP contribution in [0.1, 0.15) is 10.4 Å². The second-order valence-electron chi connectivity index (χ2n) is 4.40. The van der Waals surface area contributed by atoms with Crippen LogP contribution in [0.25, 0.3) is 0 Å². The Morgan fingerprint density at radius 3 is 2.81 bits per heavy atom. The van der Waals surface area contributed by atoms with Gasteiger partial charge >= 0.3 is 12.0 Å². The van der Waals surface area contributed by atoms with E-state index in [1.807, 2.05) is 23.5 Å². The van der Waals surface area contributed by atoms with Crippen molar-refractivity contribution in [3.63, 3.8) is 0 Å². The van der Waals surface area contributed by atoms with Crippen molar-refractivity contribution in [3.8, 4) is 0 Å². The van der Waals surface area contributed by atoms with E-state index in [2.05, 4.69) is 10.6 Å². The fraction of sp³-hybridized carbons (Fsp3) is 0.385. The molecular weight excluding hydrogens is 315 g/mol. The SMILES string of the molecule is O=C(NCC1CSCCS1)Nc1ccc(C(=O)O)cc1F. The van der Waals surface area contributed by atoms with E-state index in [0.717, 1.165) is 23.3 Å². The molecule has 21 heavy (non-hydrogen) atoms. The van der Waals surface area contributed by atoms with E-state index in [0.29, 0.717) is 11.8 Å². The van der Waals surface area contributed by atoms with Crippen LogP contribution in [0.5, 0.6) is 0 Å². The molecule has 1 aliphatic heterocycles. The van der Waals surface area contributed by atoms with E-state index >= 15 is 0 Å². The monoisotopic (exact) mass is 330 g/mol. The minimum atomic E-state index is -1.21. The summed E-state index contributed by atoms with van der Waals surface area (Å²) in [6.07, 6.45) is 0. The van der Waals surface area contributed by atoms with E-state index in [4.69, 9.17) is 5.11 Å². The van der Waals surface area contributed by atoms with Crippen LogP contribution in [0.4, 0.5) is 14.9 Å². The highest BCUT2D eigenvalue weighted by molar-refractivity contribution is 8.06. The summed E-state index contributed by atoms with van der Waals surface area (Å²) in [5.74, 6) is 1.22. The van der Waals surface area contributed by atoms with E-state index in [1.165, 1.54) is 12.1 Å². The van der Waals surface area contributed by atoms with Crippen LogP contribution in [-0.2, 0) is 0 Å². The van der Waals surface area contributed by atoms with Gasteiger partial charge in [0, 0.05) is 29.1 Å². The molecule has 0 aliphatic carbocycles. The molecule has 1 aromatic rings. The molecule has 0 aromatic heterocycles. The number of urea groups is 1. The van der Waals surface area contributed by atoms with Gasteiger partial charge in [-0.2, -0.15) is 23.5 Å². The van der Waals surface area contributed by atoms with Crippen molar-refractivity contribution >= 4 is 41.2 Å². The van der Waals surface area contributed by atoms with Gasteiger partial charge in [0.25, 0.3) is 0 Å². The Balaban J connectivity index is 1.85. The fourth-order valence-electron chi connectivity index (χ4n) is 1.78. The lowest BCUT2D eigenvalue weighted by Gasteiger charge is -2.21. The molecule has 5 nitrogen and oxygen atoms in total. The zero-order chi connectivity index (χ0) is 15.2. The third-order valence-corrected chi connectivity index (χ3v) is 5.68. The number of hydrogen-bond acceptors (Lipinski definition) is 4. The number of carbonyl (C=O) groups excluding carboxylic acids is 1. The van der Waals surface area contributed by atoms with E-state index in [-0.39, 0.29) is 11.3 Å². The molecule has 114 valence electrons. The summed E-state index contributed by atoms with van der Waals surface area (Å²) in [7, 11) is 0. The highest BCUT2D eigenvalue weighted by Gasteiger charge is 2.16. The molecule has 1 unspecified atom stereocenters. The van der Waals surface area contributed by atoms with Gasteiger partial charge in [-0.05, 0) is 18.2 Å². The zero-order valence-corrected chi connectivity index (χ0v) is 12.7. The number of rotatable bonds is 4. The number of thioether (sulfide) groups is 2. The Bertz CT molecular complexity index is 536. The van der Waals surface area contributed by atoms with Crippen molar-refractivity contribution in [2.75, 3.05) is 29.1 Å². The Morgan fingerprint density at radius 1 is 1.38 bits per heavy atom. The predicted octanol–water partition coefficient (Wildman–Crippen LogP) is 2.49. The van der Waals surface area contributed by atoms with Crippen LogP contribution in [0.3, 0.4) is 0 Å². The van der Waals surface area contributed by atoms with Gasteiger partial charge in [-0.1, -0.05) is 0 Å². The smallest absolute Gasteiger partial charge is 0.335 e. The predicted molar refractivity (Wildman–Crippen MR) is 84.0 cm³/mol. The summed E-state index contributed by atoms with van der Waals surface area (Å²) in [6.45, 7) is 0.526. The molecule has 1 saturated heterocycles. The van der Waals surface area contributed by atoms with Crippen molar-refractivity contribution < 1.29 is 19.1 Å². The molecule has 1 aromatic carbocycles. The first-order valence-electron chi connectivity index (χ1n) is 6.33. The first-order chi connectivity index (χ1) is 10.1. The minimum absolute atomic E-state index is 0.0387. The zero-order valence-electron chi connectivity index (χ0n) is 11.1. The quantitative estimate of drug-likeness (QED) is 0.790. The molecule has 0 radical (unpaired) electrons. The summed E-state index contributed by atoms with van der Waals surface area (Å²) >= 11 is 3.67. The van der Waals surface area contributed by atoms with E-state index in [1.54, 1.807) is 0 Å². The van der Waals surface area contributed by atoms with Crippen LogP contribution in [-0.4, -0.2) is 46.2 Å². The Hall–Kier alpha value is -1.41. The largest absolute Gasteiger partial charge is 0.478 e. The van der Waals surface area contributed by atoms with Crippen molar-refractivity contribution in [1.29, 1.82) is 0 Å². The first kappa shape index (κ1) is 16.0. The van der Waals surface area contributed by atoms with Crippen molar-refractivity contribution in [1.82, 2.24) is 5.32 Å². The lowest BCUT2D eigenvalue weighted by atomic mass is 10.2. The number of amides is 2. The average Bonchev–Trinajstić information content (AvgIpc) is 2.48. The van der Waals surface area contributed by atoms with Gasteiger partial charge in [0.2, 0.25) is 0 Å². The van der Waals surface area contributed by atoms with E-state index in [9.17, 15) is 14.0 Å². The van der Waals surface area contributed by atoms with Gasteiger partial charge in [-0.15, -0.1) is 0 Å². The maximum atomic E-state index is 13.7. The van der Waals surface area contributed by atoms with Crippen LogP contribution in [0, 0.1) is 5.82 Å². The number of hydrogen-bond donors (Lipinski definition) is 3. The van der Waals surface area contributed by atoms with Crippen molar-refractivity contribution in [2.24, 2.45) is 0 Å². The number of benzene rings is 1. The number of aromatic carboxylic acids is 1. The second-order valence-corrected chi connectivity index (χ2v) is 6.96. The molecule has 2 amide bonds.